The number of hydrogen-bond acceptors (Lipinski definition) is 5. The summed E-state index contributed by atoms with van der Waals surface area (Å²) in [5.74, 6) is 1.67. The van der Waals surface area contributed by atoms with Crippen LogP contribution in [0.1, 0.15) is 42.7 Å². The Morgan fingerprint density at radius 2 is 2.10 bits per heavy atom. The molecule has 29 heavy (non-hydrogen) atoms. The van der Waals surface area contributed by atoms with Crippen LogP contribution in [0.4, 0.5) is 0 Å². The van der Waals surface area contributed by atoms with Crippen molar-refractivity contribution in [3.8, 4) is 5.75 Å². The Morgan fingerprint density at radius 1 is 1.28 bits per heavy atom. The van der Waals surface area contributed by atoms with Gasteiger partial charge in [-0.3, -0.25) is 9.69 Å². The first-order valence-corrected chi connectivity index (χ1v) is 10.7. The van der Waals surface area contributed by atoms with E-state index in [0.29, 0.717) is 23.8 Å². The molecule has 1 atom stereocenters. The Bertz CT molecular complexity index is 864. The van der Waals surface area contributed by atoms with Crippen molar-refractivity contribution in [3.63, 3.8) is 0 Å². The van der Waals surface area contributed by atoms with Crippen molar-refractivity contribution in [2.45, 2.75) is 51.6 Å². The van der Waals surface area contributed by atoms with Crippen LogP contribution in [-0.4, -0.2) is 52.6 Å². The van der Waals surface area contributed by atoms with Crippen molar-refractivity contribution in [1.29, 1.82) is 0 Å². The van der Waals surface area contributed by atoms with Crippen molar-refractivity contribution in [3.05, 3.63) is 46.3 Å². The van der Waals surface area contributed by atoms with E-state index in [9.17, 15) is 4.79 Å². The molecule has 1 aromatic carbocycles. The average Bonchev–Trinajstić information content (AvgIpc) is 3.04. The largest absolute Gasteiger partial charge is 0.491 e. The van der Waals surface area contributed by atoms with Crippen LogP contribution in [0.3, 0.4) is 0 Å². The van der Waals surface area contributed by atoms with Crippen LogP contribution in [0, 0.1) is 13.8 Å². The van der Waals surface area contributed by atoms with Gasteiger partial charge in [0.05, 0.1) is 23.7 Å². The molecule has 0 aliphatic carbocycles. The summed E-state index contributed by atoms with van der Waals surface area (Å²) in [7, 11) is 0. The molecule has 1 aromatic heterocycles. The summed E-state index contributed by atoms with van der Waals surface area (Å²) < 4.78 is 11.0. The van der Waals surface area contributed by atoms with E-state index in [1.807, 2.05) is 36.9 Å². The number of rotatable bonds is 6. The van der Waals surface area contributed by atoms with Gasteiger partial charge in [0.2, 0.25) is 5.91 Å². The number of amides is 1. The summed E-state index contributed by atoms with van der Waals surface area (Å²) in [6.45, 7) is 7.83. The van der Waals surface area contributed by atoms with Gasteiger partial charge in [-0.25, -0.2) is 0 Å². The number of aryl methyl sites for hydroxylation is 2. The molecule has 0 saturated carbocycles. The van der Waals surface area contributed by atoms with Crippen molar-refractivity contribution in [2.24, 2.45) is 0 Å². The highest BCUT2D eigenvalue weighted by atomic mass is 35.5. The zero-order chi connectivity index (χ0) is 20.4. The predicted octanol–water partition coefficient (Wildman–Crippen LogP) is 3.98. The van der Waals surface area contributed by atoms with Gasteiger partial charge in [-0.2, -0.15) is 0 Å². The molecule has 0 unspecified atom stereocenters. The number of piperidine rings is 1. The third kappa shape index (κ3) is 4.14. The van der Waals surface area contributed by atoms with Crippen molar-refractivity contribution < 1.29 is 14.1 Å². The molecule has 156 valence electrons. The molecule has 6 nitrogen and oxygen atoms in total. The number of likely N-dealkylation sites (tertiary alicyclic amines) is 2. The van der Waals surface area contributed by atoms with Crippen molar-refractivity contribution >= 4 is 17.5 Å². The Hall–Kier alpha value is -2.05. The van der Waals surface area contributed by atoms with E-state index in [0.717, 1.165) is 56.9 Å². The van der Waals surface area contributed by atoms with E-state index < -0.39 is 0 Å². The number of benzene rings is 1. The first-order chi connectivity index (χ1) is 14.0. The van der Waals surface area contributed by atoms with Gasteiger partial charge in [-0.05, 0) is 45.2 Å². The smallest absolute Gasteiger partial charge is 0.226 e. The highest BCUT2D eigenvalue weighted by molar-refractivity contribution is 6.32. The average molecular weight is 418 g/mol. The summed E-state index contributed by atoms with van der Waals surface area (Å²) >= 11 is 6.11. The van der Waals surface area contributed by atoms with Gasteiger partial charge >= 0.3 is 0 Å². The van der Waals surface area contributed by atoms with Crippen LogP contribution in [0.5, 0.6) is 5.75 Å². The minimum atomic E-state index is 0.0909. The van der Waals surface area contributed by atoms with E-state index in [2.05, 4.69) is 10.1 Å². The molecule has 0 N–H and O–H groups in total. The van der Waals surface area contributed by atoms with Crippen LogP contribution in [-0.2, 0) is 11.3 Å². The van der Waals surface area contributed by atoms with E-state index in [1.165, 1.54) is 5.56 Å². The number of aromatic nitrogens is 1. The maximum Gasteiger partial charge on any atom is 0.226 e. The van der Waals surface area contributed by atoms with Crippen LogP contribution < -0.4 is 4.74 Å². The molecule has 2 aliphatic rings. The molecule has 0 bridgehead atoms. The SMILES string of the molecule is Cc1noc(C)c1CN1CC[C@]12CCCN(C(=O)CCOc1ccccc1Cl)C2. The number of ether oxygens (including phenoxy) is 1. The quantitative estimate of drug-likeness (QED) is 0.711. The van der Waals surface area contributed by atoms with Gasteiger partial charge in [0.1, 0.15) is 11.5 Å². The summed E-state index contributed by atoms with van der Waals surface area (Å²) in [5.41, 5.74) is 2.24. The number of carbonyl (C=O) groups is 1. The molecule has 1 spiro atoms. The molecule has 2 fully saturated rings. The lowest BCUT2D eigenvalue weighted by Gasteiger charge is -2.57. The van der Waals surface area contributed by atoms with Crippen LogP contribution in [0.2, 0.25) is 5.02 Å². The highest BCUT2D eigenvalue weighted by Crippen LogP contribution is 2.40. The second kappa shape index (κ2) is 8.36. The van der Waals surface area contributed by atoms with Gasteiger partial charge in [0, 0.05) is 37.3 Å². The summed E-state index contributed by atoms with van der Waals surface area (Å²) in [6, 6.07) is 7.35. The molecule has 2 aromatic rings. The minimum absolute atomic E-state index is 0.0909. The van der Waals surface area contributed by atoms with Gasteiger partial charge in [0.15, 0.2) is 0 Å². The second-order valence-corrected chi connectivity index (χ2v) is 8.55. The highest BCUT2D eigenvalue weighted by Gasteiger charge is 2.48. The molecule has 4 rings (SSSR count). The zero-order valence-electron chi connectivity index (χ0n) is 17.1. The zero-order valence-corrected chi connectivity index (χ0v) is 17.9. The van der Waals surface area contributed by atoms with Crippen LogP contribution in [0.15, 0.2) is 28.8 Å². The molecule has 2 aliphatic heterocycles. The van der Waals surface area contributed by atoms with Crippen molar-refractivity contribution in [1.82, 2.24) is 15.0 Å². The fourth-order valence-corrected chi connectivity index (χ4v) is 4.70. The molecular formula is C22H28ClN3O3. The summed E-state index contributed by atoms with van der Waals surface area (Å²) in [4.78, 5) is 17.3. The Morgan fingerprint density at radius 3 is 2.79 bits per heavy atom. The molecule has 2 saturated heterocycles. The molecule has 0 radical (unpaired) electrons. The van der Waals surface area contributed by atoms with E-state index in [-0.39, 0.29) is 11.4 Å². The third-order valence-corrected chi connectivity index (χ3v) is 6.68. The Kier molecular flexibility index (Phi) is 5.83. The lowest BCUT2D eigenvalue weighted by atomic mass is 9.77. The number of hydrogen-bond donors (Lipinski definition) is 0. The lowest BCUT2D eigenvalue weighted by molar-refractivity contribution is -0.141. The van der Waals surface area contributed by atoms with Crippen molar-refractivity contribution in [2.75, 3.05) is 26.2 Å². The maximum atomic E-state index is 12.8. The van der Waals surface area contributed by atoms with Gasteiger partial charge in [-0.15, -0.1) is 0 Å². The normalized spacial score (nSPS) is 22.0. The standard InChI is InChI=1S/C22H28ClN3O3/c1-16-18(17(2)29-24-16)14-26-12-10-22(26)9-5-11-25(15-22)21(27)8-13-28-20-7-4-3-6-19(20)23/h3-4,6-7H,5,8-15H2,1-2H3/t22-/m0/s1. The maximum absolute atomic E-state index is 12.8. The first kappa shape index (κ1) is 20.2. The third-order valence-electron chi connectivity index (χ3n) is 6.37. The number of para-hydroxylation sites is 1. The van der Waals surface area contributed by atoms with Gasteiger partial charge in [0.25, 0.3) is 0 Å². The van der Waals surface area contributed by atoms with E-state index >= 15 is 0 Å². The first-order valence-electron chi connectivity index (χ1n) is 10.3. The van der Waals surface area contributed by atoms with Crippen LogP contribution >= 0.6 is 11.6 Å². The second-order valence-electron chi connectivity index (χ2n) is 8.15. The molecule has 3 heterocycles. The fraction of sp³-hybridized carbons (Fsp3) is 0.545. The summed E-state index contributed by atoms with van der Waals surface area (Å²) in [6.07, 6.45) is 3.67. The monoisotopic (exact) mass is 417 g/mol. The van der Waals surface area contributed by atoms with Gasteiger partial charge < -0.3 is 14.2 Å². The number of halogens is 1. The lowest BCUT2D eigenvalue weighted by Crippen LogP contribution is -2.67. The fourth-order valence-electron chi connectivity index (χ4n) is 4.51. The molecule has 7 heteroatoms. The number of carbonyl (C=O) groups excluding carboxylic acids is 1. The Balaban J connectivity index is 1.33. The number of nitrogens with zero attached hydrogens (tertiary/aromatic N) is 3. The van der Waals surface area contributed by atoms with E-state index in [1.54, 1.807) is 6.07 Å². The predicted molar refractivity (Wildman–Crippen MR) is 111 cm³/mol. The minimum Gasteiger partial charge on any atom is -0.491 e. The van der Waals surface area contributed by atoms with Crippen LogP contribution in [0.25, 0.3) is 0 Å². The van der Waals surface area contributed by atoms with E-state index in [4.69, 9.17) is 20.9 Å². The Labute approximate surface area is 176 Å². The summed E-state index contributed by atoms with van der Waals surface area (Å²) in [5, 5.41) is 4.65. The molecular weight excluding hydrogens is 390 g/mol. The topological polar surface area (TPSA) is 58.8 Å². The van der Waals surface area contributed by atoms with Gasteiger partial charge in [-0.1, -0.05) is 28.9 Å². The molecule has 1 amide bonds.